The first-order valence-electron chi connectivity index (χ1n) is 6.07. The number of rotatable bonds is 4. The van der Waals surface area contributed by atoms with E-state index in [-0.39, 0.29) is 0 Å². The number of aromatic nitrogens is 4. The molecule has 0 atom stereocenters. The SMILES string of the molecule is C=Cc1ccn2cnc(Cn3cc(C(N)=O)cn3)c2c1. The van der Waals surface area contributed by atoms with Crippen LogP contribution in [0.1, 0.15) is 21.6 Å². The highest BCUT2D eigenvalue weighted by Crippen LogP contribution is 2.14. The molecule has 0 aromatic carbocycles. The first-order chi connectivity index (χ1) is 9.67. The Balaban J connectivity index is 1.97. The lowest BCUT2D eigenvalue weighted by molar-refractivity contribution is 0.1000. The second kappa shape index (κ2) is 4.65. The summed E-state index contributed by atoms with van der Waals surface area (Å²) < 4.78 is 3.57. The number of hydrogen-bond donors (Lipinski definition) is 1. The van der Waals surface area contributed by atoms with Gasteiger partial charge < -0.3 is 10.1 Å². The molecular weight excluding hydrogens is 254 g/mol. The van der Waals surface area contributed by atoms with E-state index in [9.17, 15) is 4.79 Å². The average Bonchev–Trinajstić information content (AvgIpc) is 3.06. The Morgan fingerprint density at radius 3 is 3.05 bits per heavy atom. The third kappa shape index (κ3) is 2.07. The van der Waals surface area contributed by atoms with Gasteiger partial charge in [-0.15, -0.1) is 0 Å². The number of nitrogens with two attached hydrogens (primary N) is 1. The number of fused-ring (bicyclic) bond motifs is 1. The molecule has 1 amide bonds. The van der Waals surface area contributed by atoms with Gasteiger partial charge in [-0.3, -0.25) is 9.48 Å². The molecule has 0 saturated heterocycles. The van der Waals surface area contributed by atoms with E-state index >= 15 is 0 Å². The molecule has 0 fully saturated rings. The Kier molecular flexibility index (Phi) is 2.83. The van der Waals surface area contributed by atoms with Gasteiger partial charge in [-0.05, 0) is 17.7 Å². The van der Waals surface area contributed by atoms with E-state index in [1.165, 1.54) is 6.20 Å². The van der Waals surface area contributed by atoms with Crippen molar-refractivity contribution >= 4 is 17.5 Å². The van der Waals surface area contributed by atoms with E-state index in [1.807, 2.05) is 22.7 Å². The van der Waals surface area contributed by atoms with Crippen LogP contribution in [0.3, 0.4) is 0 Å². The predicted octanol–water partition coefficient (Wildman–Crippen LogP) is 1.32. The molecule has 20 heavy (non-hydrogen) atoms. The van der Waals surface area contributed by atoms with Crippen molar-refractivity contribution in [2.45, 2.75) is 6.54 Å². The summed E-state index contributed by atoms with van der Waals surface area (Å²) in [5.74, 6) is -0.486. The third-order valence-corrected chi connectivity index (χ3v) is 3.11. The maximum atomic E-state index is 11.1. The van der Waals surface area contributed by atoms with Crippen molar-refractivity contribution in [3.63, 3.8) is 0 Å². The van der Waals surface area contributed by atoms with Gasteiger partial charge in [-0.2, -0.15) is 5.10 Å². The molecule has 0 aliphatic heterocycles. The van der Waals surface area contributed by atoms with Crippen LogP contribution in [-0.2, 0) is 6.54 Å². The summed E-state index contributed by atoms with van der Waals surface area (Å²) in [6.45, 7) is 4.24. The Morgan fingerprint density at radius 2 is 2.35 bits per heavy atom. The van der Waals surface area contributed by atoms with Gasteiger partial charge in [0.1, 0.15) is 0 Å². The molecule has 3 aromatic rings. The first kappa shape index (κ1) is 12.2. The summed E-state index contributed by atoms with van der Waals surface area (Å²) in [5.41, 5.74) is 8.47. The highest BCUT2D eigenvalue weighted by molar-refractivity contribution is 5.92. The van der Waals surface area contributed by atoms with Gasteiger partial charge in [0.15, 0.2) is 0 Å². The van der Waals surface area contributed by atoms with Crippen LogP contribution < -0.4 is 5.73 Å². The quantitative estimate of drug-likeness (QED) is 0.774. The lowest BCUT2D eigenvalue weighted by Crippen LogP contribution is -2.09. The van der Waals surface area contributed by atoms with Crippen LogP contribution >= 0.6 is 0 Å². The molecule has 100 valence electrons. The number of hydrogen-bond acceptors (Lipinski definition) is 3. The van der Waals surface area contributed by atoms with Gasteiger partial charge in [0.25, 0.3) is 5.91 Å². The molecule has 3 heterocycles. The minimum atomic E-state index is -0.486. The highest BCUT2D eigenvalue weighted by atomic mass is 16.1. The molecule has 6 nitrogen and oxygen atoms in total. The predicted molar refractivity (Wildman–Crippen MR) is 75.1 cm³/mol. The maximum Gasteiger partial charge on any atom is 0.251 e. The van der Waals surface area contributed by atoms with Crippen molar-refractivity contribution in [3.05, 3.63) is 60.5 Å². The fraction of sp³-hybridized carbons (Fsp3) is 0.0714. The van der Waals surface area contributed by atoms with E-state index in [1.54, 1.807) is 23.3 Å². The minimum absolute atomic E-state index is 0.389. The van der Waals surface area contributed by atoms with E-state index in [0.717, 1.165) is 16.8 Å². The molecule has 0 aliphatic carbocycles. The molecule has 0 aliphatic rings. The molecule has 0 bridgehead atoms. The number of carbonyl (C=O) groups excluding carboxylic acids is 1. The summed E-state index contributed by atoms with van der Waals surface area (Å²) in [7, 11) is 0. The molecular formula is C14H13N5O. The molecule has 3 rings (SSSR count). The summed E-state index contributed by atoms with van der Waals surface area (Å²) in [6.07, 6.45) is 8.54. The van der Waals surface area contributed by atoms with E-state index in [0.29, 0.717) is 12.1 Å². The van der Waals surface area contributed by atoms with E-state index < -0.39 is 5.91 Å². The zero-order chi connectivity index (χ0) is 14.1. The molecule has 6 heteroatoms. The van der Waals surface area contributed by atoms with Crippen LogP contribution in [0.15, 0.2) is 43.6 Å². The summed E-state index contributed by atoms with van der Waals surface area (Å²) in [5, 5.41) is 4.11. The lowest BCUT2D eigenvalue weighted by Gasteiger charge is -2.01. The molecule has 0 saturated carbocycles. The normalized spacial score (nSPS) is 10.8. The van der Waals surface area contributed by atoms with Crippen LogP contribution in [0.2, 0.25) is 0 Å². The first-order valence-corrected chi connectivity index (χ1v) is 6.07. The minimum Gasteiger partial charge on any atom is -0.366 e. The molecule has 0 spiro atoms. The van der Waals surface area contributed by atoms with Crippen molar-refractivity contribution in [1.82, 2.24) is 19.2 Å². The van der Waals surface area contributed by atoms with Crippen LogP contribution in [0.4, 0.5) is 0 Å². The highest BCUT2D eigenvalue weighted by Gasteiger charge is 2.08. The second-order valence-corrected chi connectivity index (χ2v) is 4.44. The Hall–Kier alpha value is -2.89. The smallest absolute Gasteiger partial charge is 0.251 e. The maximum absolute atomic E-state index is 11.1. The van der Waals surface area contributed by atoms with Crippen molar-refractivity contribution in [2.75, 3.05) is 0 Å². The summed E-state index contributed by atoms with van der Waals surface area (Å²) >= 11 is 0. The van der Waals surface area contributed by atoms with Crippen molar-refractivity contribution in [3.8, 4) is 0 Å². The Bertz CT molecular complexity index is 799. The van der Waals surface area contributed by atoms with Gasteiger partial charge in [0.05, 0.1) is 35.8 Å². The molecule has 2 N–H and O–H groups in total. The number of nitrogens with zero attached hydrogens (tertiary/aromatic N) is 4. The van der Waals surface area contributed by atoms with E-state index in [4.69, 9.17) is 5.73 Å². The number of imidazole rings is 1. The summed E-state index contributed by atoms with van der Waals surface area (Å²) in [6, 6.07) is 3.97. The number of primary amides is 1. The van der Waals surface area contributed by atoms with Gasteiger partial charge in [0.2, 0.25) is 0 Å². The Labute approximate surface area is 115 Å². The number of carbonyl (C=O) groups is 1. The lowest BCUT2D eigenvalue weighted by atomic mass is 10.2. The standard InChI is InChI=1S/C14H13N5O/c1-2-10-3-4-18-9-16-12(13(18)5-10)8-19-7-11(6-17-19)14(15)20/h2-7,9H,1,8H2,(H2,15,20). The van der Waals surface area contributed by atoms with Crippen molar-refractivity contribution in [2.24, 2.45) is 5.73 Å². The fourth-order valence-electron chi connectivity index (χ4n) is 2.04. The summed E-state index contributed by atoms with van der Waals surface area (Å²) in [4.78, 5) is 15.4. The topological polar surface area (TPSA) is 78.2 Å². The number of pyridine rings is 1. The van der Waals surface area contributed by atoms with Crippen LogP contribution in [0.5, 0.6) is 0 Å². The van der Waals surface area contributed by atoms with E-state index in [2.05, 4.69) is 16.7 Å². The van der Waals surface area contributed by atoms with Gasteiger partial charge in [-0.25, -0.2) is 4.98 Å². The fourth-order valence-corrected chi connectivity index (χ4v) is 2.04. The second-order valence-electron chi connectivity index (χ2n) is 4.44. The largest absolute Gasteiger partial charge is 0.366 e. The number of amides is 1. The zero-order valence-corrected chi connectivity index (χ0v) is 10.7. The van der Waals surface area contributed by atoms with Crippen LogP contribution in [-0.4, -0.2) is 25.1 Å². The average molecular weight is 267 g/mol. The van der Waals surface area contributed by atoms with Crippen LogP contribution in [0, 0.1) is 0 Å². The molecule has 0 unspecified atom stereocenters. The van der Waals surface area contributed by atoms with Gasteiger partial charge >= 0.3 is 0 Å². The Morgan fingerprint density at radius 1 is 1.50 bits per heavy atom. The van der Waals surface area contributed by atoms with Crippen molar-refractivity contribution < 1.29 is 4.79 Å². The molecule has 0 radical (unpaired) electrons. The monoisotopic (exact) mass is 267 g/mol. The van der Waals surface area contributed by atoms with Crippen LogP contribution in [0.25, 0.3) is 11.6 Å². The third-order valence-electron chi connectivity index (χ3n) is 3.11. The zero-order valence-electron chi connectivity index (χ0n) is 10.7. The van der Waals surface area contributed by atoms with Gasteiger partial charge in [0, 0.05) is 12.4 Å². The van der Waals surface area contributed by atoms with Gasteiger partial charge in [-0.1, -0.05) is 12.7 Å². The molecule has 3 aromatic heterocycles. The van der Waals surface area contributed by atoms with Crippen molar-refractivity contribution in [1.29, 1.82) is 0 Å².